The molecule has 1 aromatic carbocycles. The molecule has 0 saturated carbocycles. The molecule has 0 heterocycles. The first-order chi connectivity index (χ1) is 8.08. The second-order valence-corrected chi connectivity index (χ2v) is 3.58. The van der Waals surface area contributed by atoms with E-state index in [4.69, 9.17) is 4.74 Å². The summed E-state index contributed by atoms with van der Waals surface area (Å²) in [4.78, 5) is 22.5. The first kappa shape index (κ1) is 13.2. The van der Waals surface area contributed by atoms with Crippen molar-refractivity contribution in [1.29, 1.82) is 0 Å². The fourth-order valence-electron chi connectivity index (χ4n) is 1.43. The van der Waals surface area contributed by atoms with Gasteiger partial charge in [-0.15, -0.1) is 0 Å². The Morgan fingerprint density at radius 2 is 2.24 bits per heavy atom. The summed E-state index contributed by atoms with van der Waals surface area (Å²) in [5.74, 6) is -0.385. The third-order valence-corrected chi connectivity index (χ3v) is 2.44. The van der Waals surface area contributed by atoms with Crippen LogP contribution in [0.15, 0.2) is 18.2 Å². The summed E-state index contributed by atoms with van der Waals surface area (Å²) >= 11 is 0. The predicted octanol–water partition coefficient (Wildman–Crippen LogP) is 1.03. The summed E-state index contributed by atoms with van der Waals surface area (Å²) in [7, 11) is 3.01. The monoisotopic (exact) mass is 239 g/mol. The molecule has 4 nitrogen and oxygen atoms in total. The second-order valence-electron chi connectivity index (χ2n) is 3.58. The van der Waals surface area contributed by atoms with Gasteiger partial charge in [-0.25, -0.2) is 4.39 Å². The number of benzene rings is 1. The zero-order valence-corrected chi connectivity index (χ0v) is 9.77. The topological polar surface area (TPSA) is 46.6 Å². The van der Waals surface area contributed by atoms with E-state index in [1.54, 1.807) is 0 Å². The van der Waals surface area contributed by atoms with Crippen LogP contribution in [0.4, 0.5) is 4.39 Å². The van der Waals surface area contributed by atoms with Crippen LogP contribution in [-0.4, -0.2) is 37.8 Å². The Morgan fingerprint density at radius 3 is 2.82 bits per heavy atom. The summed E-state index contributed by atoms with van der Waals surface area (Å²) in [6.07, 6.45) is 0.680. The van der Waals surface area contributed by atoms with Gasteiger partial charge in [-0.3, -0.25) is 9.59 Å². The van der Waals surface area contributed by atoms with Crippen molar-refractivity contribution in [2.75, 3.05) is 20.7 Å². The Bertz CT molecular complexity index is 420. The fraction of sp³-hybridized carbons (Fsp3) is 0.333. The van der Waals surface area contributed by atoms with Gasteiger partial charge in [0.25, 0.3) is 5.91 Å². The molecule has 0 bridgehead atoms. The van der Waals surface area contributed by atoms with E-state index < -0.39 is 5.91 Å². The van der Waals surface area contributed by atoms with E-state index in [0.29, 0.717) is 24.3 Å². The number of ether oxygens (including phenoxy) is 1. The molecule has 0 spiro atoms. The van der Waals surface area contributed by atoms with Crippen molar-refractivity contribution in [2.45, 2.75) is 6.42 Å². The lowest BCUT2D eigenvalue weighted by molar-refractivity contribution is -0.137. The minimum absolute atomic E-state index is 0.253. The fourth-order valence-corrected chi connectivity index (χ4v) is 1.43. The molecule has 0 aromatic heterocycles. The standard InChI is InChI=1S/C12H14FNO3/c1-14(12(16)8-15)6-5-9-7-10(13)3-4-11(9)17-2/h3-4,7-8H,5-6H2,1-2H3. The van der Waals surface area contributed by atoms with E-state index >= 15 is 0 Å². The molecular weight excluding hydrogens is 225 g/mol. The molecular formula is C12H14FNO3. The summed E-state index contributed by atoms with van der Waals surface area (Å²) < 4.78 is 18.1. The highest BCUT2D eigenvalue weighted by atomic mass is 19.1. The number of methoxy groups -OCH3 is 1. The third kappa shape index (κ3) is 3.55. The van der Waals surface area contributed by atoms with Crippen molar-refractivity contribution in [3.05, 3.63) is 29.6 Å². The zero-order chi connectivity index (χ0) is 12.8. The number of rotatable bonds is 5. The molecule has 17 heavy (non-hydrogen) atoms. The van der Waals surface area contributed by atoms with Gasteiger partial charge < -0.3 is 9.64 Å². The molecule has 0 fully saturated rings. The molecule has 1 aromatic rings. The van der Waals surface area contributed by atoms with E-state index in [1.165, 1.54) is 37.3 Å². The first-order valence-electron chi connectivity index (χ1n) is 5.11. The predicted molar refractivity (Wildman–Crippen MR) is 60.4 cm³/mol. The molecule has 1 rings (SSSR count). The average molecular weight is 239 g/mol. The van der Waals surface area contributed by atoms with E-state index in [0.717, 1.165) is 0 Å². The van der Waals surface area contributed by atoms with Crippen LogP contribution in [0, 0.1) is 5.82 Å². The van der Waals surface area contributed by atoms with E-state index in [9.17, 15) is 14.0 Å². The largest absolute Gasteiger partial charge is 0.496 e. The van der Waals surface area contributed by atoms with Crippen LogP contribution in [-0.2, 0) is 16.0 Å². The lowest BCUT2D eigenvalue weighted by Crippen LogP contribution is -2.29. The maximum Gasteiger partial charge on any atom is 0.286 e. The van der Waals surface area contributed by atoms with Gasteiger partial charge in [0, 0.05) is 13.6 Å². The maximum atomic E-state index is 13.0. The van der Waals surface area contributed by atoms with Gasteiger partial charge in [-0.2, -0.15) is 0 Å². The molecule has 0 atom stereocenters. The van der Waals surface area contributed by atoms with Crippen LogP contribution < -0.4 is 4.74 Å². The first-order valence-corrected chi connectivity index (χ1v) is 5.11. The third-order valence-electron chi connectivity index (χ3n) is 2.44. The Labute approximate surface area is 99.0 Å². The number of carbonyl (C=O) groups excluding carboxylic acids is 2. The van der Waals surface area contributed by atoms with E-state index in [1.807, 2.05) is 0 Å². The number of nitrogens with zero attached hydrogens (tertiary/aromatic N) is 1. The van der Waals surface area contributed by atoms with E-state index in [2.05, 4.69) is 0 Å². The Kier molecular flexibility index (Phi) is 4.63. The minimum atomic E-state index is -0.597. The molecule has 0 saturated heterocycles. The minimum Gasteiger partial charge on any atom is -0.496 e. The van der Waals surface area contributed by atoms with Gasteiger partial charge in [0.1, 0.15) is 11.6 Å². The lowest BCUT2D eigenvalue weighted by Gasteiger charge is -2.15. The molecule has 0 radical (unpaired) electrons. The van der Waals surface area contributed by atoms with Gasteiger partial charge in [-0.05, 0) is 30.2 Å². The van der Waals surface area contributed by atoms with Crippen molar-refractivity contribution in [1.82, 2.24) is 4.90 Å². The van der Waals surface area contributed by atoms with Crippen LogP contribution in [0.1, 0.15) is 5.56 Å². The summed E-state index contributed by atoms with van der Waals surface area (Å²) in [5.41, 5.74) is 0.665. The van der Waals surface area contributed by atoms with Gasteiger partial charge in [0.2, 0.25) is 6.29 Å². The maximum absolute atomic E-state index is 13.0. The molecule has 92 valence electrons. The van der Waals surface area contributed by atoms with E-state index in [-0.39, 0.29) is 12.1 Å². The number of hydrogen-bond acceptors (Lipinski definition) is 3. The van der Waals surface area contributed by atoms with Crippen molar-refractivity contribution in [2.24, 2.45) is 0 Å². The highest BCUT2D eigenvalue weighted by Gasteiger charge is 2.09. The van der Waals surface area contributed by atoms with Gasteiger partial charge in [0.15, 0.2) is 0 Å². The van der Waals surface area contributed by atoms with Crippen LogP contribution in [0.3, 0.4) is 0 Å². The highest BCUT2D eigenvalue weighted by molar-refractivity contribution is 6.23. The van der Waals surface area contributed by atoms with Gasteiger partial charge >= 0.3 is 0 Å². The Morgan fingerprint density at radius 1 is 1.53 bits per heavy atom. The Hall–Kier alpha value is -1.91. The van der Waals surface area contributed by atoms with Crippen molar-refractivity contribution >= 4 is 12.2 Å². The van der Waals surface area contributed by atoms with Crippen LogP contribution in [0.5, 0.6) is 5.75 Å². The molecule has 0 aliphatic heterocycles. The molecule has 0 N–H and O–H groups in total. The van der Waals surface area contributed by atoms with Crippen LogP contribution in [0.25, 0.3) is 0 Å². The summed E-state index contributed by atoms with van der Waals surface area (Å²) in [6, 6.07) is 4.20. The normalized spacial score (nSPS) is 9.82. The Balaban J connectivity index is 2.71. The average Bonchev–Trinajstić information content (AvgIpc) is 2.35. The van der Waals surface area contributed by atoms with Gasteiger partial charge in [0.05, 0.1) is 7.11 Å². The zero-order valence-electron chi connectivity index (χ0n) is 9.77. The number of amides is 1. The number of aldehydes is 1. The number of carbonyl (C=O) groups is 2. The van der Waals surface area contributed by atoms with Gasteiger partial charge in [-0.1, -0.05) is 0 Å². The lowest BCUT2D eigenvalue weighted by atomic mass is 10.1. The SMILES string of the molecule is COc1ccc(F)cc1CCN(C)C(=O)C=O. The summed E-state index contributed by atoms with van der Waals surface area (Å²) in [6.45, 7) is 0.331. The van der Waals surface area contributed by atoms with Crippen molar-refractivity contribution < 1.29 is 18.7 Å². The van der Waals surface area contributed by atoms with Crippen LogP contribution in [0.2, 0.25) is 0 Å². The summed E-state index contributed by atoms with van der Waals surface area (Å²) in [5, 5.41) is 0. The number of hydrogen-bond donors (Lipinski definition) is 0. The van der Waals surface area contributed by atoms with Crippen molar-refractivity contribution in [3.63, 3.8) is 0 Å². The molecule has 5 heteroatoms. The highest BCUT2D eigenvalue weighted by Crippen LogP contribution is 2.19. The van der Waals surface area contributed by atoms with Crippen LogP contribution >= 0.6 is 0 Å². The second kappa shape index (κ2) is 5.98. The molecule has 0 aliphatic carbocycles. The molecule has 0 aliphatic rings. The van der Waals surface area contributed by atoms with Crippen molar-refractivity contribution in [3.8, 4) is 5.75 Å². The molecule has 1 amide bonds. The number of halogens is 1. The smallest absolute Gasteiger partial charge is 0.286 e. The number of likely N-dealkylation sites (N-methyl/N-ethyl adjacent to an activating group) is 1. The quantitative estimate of drug-likeness (QED) is 0.569. The molecule has 0 unspecified atom stereocenters.